The van der Waals surface area contributed by atoms with Gasteiger partial charge in [0, 0.05) is 17.5 Å². The first-order chi connectivity index (χ1) is 14.3. The molecule has 0 radical (unpaired) electrons. The highest BCUT2D eigenvalue weighted by Crippen LogP contribution is 2.24. The molecular formula is C22H27ClFNO4S. The third-order valence-electron chi connectivity index (χ3n) is 4.80. The lowest BCUT2D eigenvalue weighted by Gasteiger charge is -2.19. The minimum Gasteiger partial charge on any atom is -0.469 e. The van der Waals surface area contributed by atoms with E-state index in [1.54, 1.807) is 12.1 Å². The molecule has 164 valence electrons. The number of ether oxygens (including phenoxy) is 1. The Bertz CT molecular complexity index is 902. The maximum absolute atomic E-state index is 13.3. The Labute approximate surface area is 182 Å². The van der Waals surface area contributed by atoms with Crippen molar-refractivity contribution in [3.63, 3.8) is 0 Å². The van der Waals surface area contributed by atoms with Gasteiger partial charge in [0.25, 0.3) is 0 Å². The van der Waals surface area contributed by atoms with E-state index in [9.17, 15) is 17.6 Å². The molecule has 0 fully saturated rings. The summed E-state index contributed by atoms with van der Waals surface area (Å²) in [7, 11) is -2.37. The molecule has 0 aliphatic heterocycles. The summed E-state index contributed by atoms with van der Waals surface area (Å²) in [5, 5.41) is 0.455. The molecule has 2 aromatic carbocycles. The zero-order valence-corrected chi connectivity index (χ0v) is 18.5. The van der Waals surface area contributed by atoms with Crippen LogP contribution in [0, 0.1) is 5.82 Å². The highest BCUT2D eigenvalue weighted by Gasteiger charge is 2.21. The Morgan fingerprint density at radius 2 is 1.60 bits per heavy atom. The Balaban J connectivity index is 1.97. The van der Waals surface area contributed by atoms with E-state index < -0.39 is 16.1 Å². The van der Waals surface area contributed by atoms with Gasteiger partial charge in [-0.2, -0.15) is 0 Å². The number of methoxy groups -OCH3 is 1. The van der Waals surface area contributed by atoms with Crippen LogP contribution in [0.1, 0.15) is 56.6 Å². The summed E-state index contributed by atoms with van der Waals surface area (Å²) in [4.78, 5) is 11.2. The molecule has 0 spiro atoms. The molecule has 0 aliphatic rings. The lowest BCUT2D eigenvalue weighted by molar-refractivity contribution is -0.140. The summed E-state index contributed by atoms with van der Waals surface area (Å²) in [5.41, 5.74) is 0.708. The predicted molar refractivity (Wildman–Crippen MR) is 115 cm³/mol. The molecule has 0 saturated heterocycles. The number of carbonyl (C=O) groups is 1. The van der Waals surface area contributed by atoms with Gasteiger partial charge in [0.05, 0.1) is 12.0 Å². The second kappa shape index (κ2) is 12.0. The maximum Gasteiger partial charge on any atom is 0.305 e. The zero-order chi connectivity index (χ0) is 22.0. The Morgan fingerprint density at radius 1 is 1.00 bits per heavy atom. The third kappa shape index (κ3) is 8.05. The second-order valence-electron chi connectivity index (χ2n) is 7.06. The van der Waals surface area contributed by atoms with Crippen molar-refractivity contribution in [2.24, 2.45) is 0 Å². The molecule has 0 heterocycles. The van der Waals surface area contributed by atoms with Crippen molar-refractivity contribution in [3.05, 3.63) is 64.9 Å². The van der Waals surface area contributed by atoms with E-state index in [0.29, 0.717) is 23.4 Å². The number of nitrogens with one attached hydrogen (secondary N) is 1. The molecule has 1 N–H and O–H groups in total. The van der Waals surface area contributed by atoms with Crippen LogP contribution < -0.4 is 4.72 Å². The van der Waals surface area contributed by atoms with Gasteiger partial charge in [0.1, 0.15) is 5.82 Å². The number of unbranched alkanes of at least 4 members (excludes halogenated alkanes) is 4. The number of rotatable bonds is 12. The van der Waals surface area contributed by atoms with Crippen molar-refractivity contribution in [2.75, 3.05) is 7.11 Å². The smallest absolute Gasteiger partial charge is 0.305 e. The maximum atomic E-state index is 13.3. The van der Waals surface area contributed by atoms with Crippen LogP contribution in [-0.4, -0.2) is 21.5 Å². The molecule has 1 unspecified atom stereocenters. The molecule has 1 atom stereocenters. The van der Waals surface area contributed by atoms with Crippen molar-refractivity contribution in [2.45, 2.75) is 55.9 Å². The number of sulfonamides is 1. The van der Waals surface area contributed by atoms with Gasteiger partial charge in [-0.15, -0.1) is 0 Å². The van der Waals surface area contributed by atoms with Gasteiger partial charge in [0.15, 0.2) is 0 Å². The number of hydrogen-bond acceptors (Lipinski definition) is 4. The Kier molecular flexibility index (Phi) is 9.75. The average Bonchev–Trinajstić information content (AvgIpc) is 2.72. The lowest BCUT2D eigenvalue weighted by atomic mass is 10.0. The van der Waals surface area contributed by atoms with Gasteiger partial charge in [-0.3, -0.25) is 4.79 Å². The van der Waals surface area contributed by atoms with Gasteiger partial charge in [-0.25, -0.2) is 17.5 Å². The summed E-state index contributed by atoms with van der Waals surface area (Å²) in [6.07, 6.45) is 5.32. The van der Waals surface area contributed by atoms with Crippen LogP contribution in [0.2, 0.25) is 5.02 Å². The van der Waals surface area contributed by atoms with Crippen molar-refractivity contribution in [1.82, 2.24) is 4.72 Å². The van der Waals surface area contributed by atoms with Gasteiger partial charge in [-0.1, -0.05) is 49.4 Å². The summed E-state index contributed by atoms with van der Waals surface area (Å²) in [6, 6.07) is 11.3. The van der Waals surface area contributed by atoms with Crippen LogP contribution in [0.25, 0.3) is 0 Å². The number of benzene rings is 2. The Morgan fingerprint density at radius 3 is 2.23 bits per heavy atom. The summed E-state index contributed by atoms with van der Waals surface area (Å²) in [5.74, 6) is -0.577. The molecule has 5 nitrogen and oxygen atoms in total. The number of halogens is 2. The van der Waals surface area contributed by atoms with E-state index in [2.05, 4.69) is 9.46 Å². The van der Waals surface area contributed by atoms with E-state index in [4.69, 9.17) is 11.6 Å². The van der Waals surface area contributed by atoms with Crippen molar-refractivity contribution < 1.29 is 22.3 Å². The SMILES string of the molecule is COC(=O)CCCCCCCC(NS(=O)(=O)c1ccc(Cl)cc1)c1ccc(F)cc1. The summed E-state index contributed by atoms with van der Waals surface area (Å²) >= 11 is 5.85. The molecule has 0 bridgehead atoms. The molecule has 0 aliphatic carbocycles. The van der Waals surface area contributed by atoms with Crippen LogP contribution >= 0.6 is 11.6 Å². The first-order valence-electron chi connectivity index (χ1n) is 9.92. The fourth-order valence-electron chi connectivity index (χ4n) is 3.11. The van der Waals surface area contributed by atoms with Crippen LogP contribution in [0.3, 0.4) is 0 Å². The topological polar surface area (TPSA) is 72.5 Å². The van der Waals surface area contributed by atoms with Crippen LogP contribution in [0.15, 0.2) is 53.4 Å². The van der Waals surface area contributed by atoms with Crippen molar-refractivity contribution in [1.29, 1.82) is 0 Å². The third-order valence-corrected chi connectivity index (χ3v) is 6.53. The van der Waals surface area contributed by atoms with E-state index >= 15 is 0 Å². The summed E-state index contributed by atoms with van der Waals surface area (Å²) in [6.45, 7) is 0. The molecule has 0 aromatic heterocycles. The standard InChI is InChI=1S/C22H27ClFNO4S/c1-29-22(26)8-6-4-2-3-5-7-21(17-9-13-19(24)14-10-17)25-30(27,28)20-15-11-18(23)12-16-20/h9-16,21,25H,2-8H2,1H3. The fraction of sp³-hybridized carbons (Fsp3) is 0.409. The van der Waals surface area contributed by atoms with Crippen LogP contribution in [0.5, 0.6) is 0 Å². The first-order valence-corrected chi connectivity index (χ1v) is 11.8. The first kappa shape index (κ1) is 24.3. The van der Waals surface area contributed by atoms with Crippen molar-refractivity contribution in [3.8, 4) is 0 Å². The second-order valence-corrected chi connectivity index (χ2v) is 9.21. The van der Waals surface area contributed by atoms with Crippen LogP contribution in [0.4, 0.5) is 4.39 Å². The normalized spacial score (nSPS) is 12.5. The number of esters is 1. The lowest BCUT2D eigenvalue weighted by Crippen LogP contribution is -2.28. The van der Waals surface area contributed by atoms with Gasteiger partial charge in [0.2, 0.25) is 10.0 Å². The fourth-order valence-corrected chi connectivity index (χ4v) is 4.49. The average molecular weight is 456 g/mol. The Hall–Kier alpha value is -1.96. The molecule has 0 saturated carbocycles. The summed E-state index contributed by atoms with van der Waals surface area (Å²) < 4.78 is 46.2. The van der Waals surface area contributed by atoms with Gasteiger partial charge >= 0.3 is 5.97 Å². The van der Waals surface area contributed by atoms with Crippen molar-refractivity contribution >= 4 is 27.6 Å². The van der Waals surface area contributed by atoms with Gasteiger partial charge < -0.3 is 4.74 Å². The van der Waals surface area contributed by atoms with E-state index in [1.807, 2.05) is 0 Å². The molecular weight excluding hydrogens is 429 g/mol. The quantitative estimate of drug-likeness (QED) is 0.343. The predicted octanol–water partition coefficient (Wildman–Crippen LogP) is 5.40. The molecule has 2 aromatic rings. The highest BCUT2D eigenvalue weighted by atomic mass is 35.5. The van der Waals surface area contributed by atoms with Gasteiger partial charge in [-0.05, 0) is 54.8 Å². The zero-order valence-electron chi connectivity index (χ0n) is 16.9. The van der Waals surface area contributed by atoms with E-state index in [1.165, 1.54) is 43.5 Å². The van der Waals surface area contributed by atoms with E-state index in [0.717, 1.165) is 32.1 Å². The number of hydrogen-bond donors (Lipinski definition) is 1. The monoisotopic (exact) mass is 455 g/mol. The molecule has 0 amide bonds. The molecule has 30 heavy (non-hydrogen) atoms. The molecule has 2 rings (SSSR count). The highest BCUT2D eigenvalue weighted by molar-refractivity contribution is 7.89. The minimum absolute atomic E-state index is 0.127. The number of carbonyl (C=O) groups excluding carboxylic acids is 1. The van der Waals surface area contributed by atoms with E-state index in [-0.39, 0.29) is 16.7 Å². The molecule has 8 heteroatoms. The largest absolute Gasteiger partial charge is 0.469 e. The van der Waals surface area contributed by atoms with Crippen LogP contribution in [-0.2, 0) is 19.6 Å². The minimum atomic E-state index is -3.75.